The summed E-state index contributed by atoms with van der Waals surface area (Å²) in [5.74, 6) is 0.282. The third kappa shape index (κ3) is 6.39. The minimum atomic E-state index is -0.350. The molecule has 1 amide bonds. The van der Waals surface area contributed by atoms with Crippen molar-refractivity contribution in [1.29, 1.82) is 0 Å². The Kier molecular flexibility index (Phi) is 7.73. The molecule has 0 N–H and O–H groups in total. The lowest BCUT2D eigenvalue weighted by Crippen LogP contribution is -2.30. The number of benzene rings is 3. The zero-order valence-corrected chi connectivity index (χ0v) is 17.7. The van der Waals surface area contributed by atoms with Gasteiger partial charge >= 0.3 is 0 Å². The molecule has 31 heavy (non-hydrogen) atoms. The standard InChI is InChI=1S/C26H25NO4/c1-20-8-11-22(12-9-20)25(28)18-19-31-27(23-13-15-24(30-2)16-14-23)26(29)17-10-21-6-4-3-5-7-21/h3-17H,18-19H2,1-2H3/b17-10+. The maximum absolute atomic E-state index is 12.9. The van der Waals surface area contributed by atoms with Crippen LogP contribution in [0.3, 0.4) is 0 Å². The quantitative estimate of drug-likeness (QED) is 0.272. The minimum Gasteiger partial charge on any atom is -0.497 e. The molecule has 0 aliphatic rings. The summed E-state index contributed by atoms with van der Waals surface area (Å²) in [5.41, 5.74) is 3.17. The Morgan fingerprint density at radius 1 is 0.903 bits per heavy atom. The normalized spacial score (nSPS) is 10.8. The predicted octanol–water partition coefficient (Wildman–Crippen LogP) is 5.25. The molecule has 3 rings (SSSR count). The summed E-state index contributed by atoms with van der Waals surface area (Å²) in [6.07, 6.45) is 3.33. The van der Waals surface area contributed by atoms with Crippen molar-refractivity contribution in [1.82, 2.24) is 0 Å². The number of hydroxylamine groups is 1. The molecule has 0 saturated carbocycles. The van der Waals surface area contributed by atoms with Gasteiger partial charge in [-0.25, -0.2) is 0 Å². The molecule has 5 heteroatoms. The van der Waals surface area contributed by atoms with Crippen LogP contribution in [0, 0.1) is 6.92 Å². The number of methoxy groups -OCH3 is 1. The lowest BCUT2D eigenvalue weighted by Gasteiger charge is -2.20. The molecule has 0 spiro atoms. The molecule has 3 aromatic carbocycles. The lowest BCUT2D eigenvalue weighted by molar-refractivity contribution is -0.121. The van der Waals surface area contributed by atoms with E-state index in [1.54, 1.807) is 49.6 Å². The number of aryl methyl sites for hydroxylation is 1. The zero-order chi connectivity index (χ0) is 22.1. The number of nitrogens with zero attached hydrogens (tertiary/aromatic N) is 1. The second-order valence-corrected chi connectivity index (χ2v) is 6.95. The number of Topliss-reactive ketones (excluding diaryl/α,β-unsaturated/α-hetero) is 1. The molecule has 3 aromatic rings. The van der Waals surface area contributed by atoms with Crippen LogP contribution >= 0.6 is 0 Å². The third-order valence-corrected chi connectivity index (χ3v) is 4.65. The molecule has 5 nitrogen and oxygen atoms in total. The molecule has 0 bridgehead atoms. The molecular weight excluding hydrogens is 390 g/mol. The number of carbonyl (C=O) groups is 2. The Hall–Kier alpha value is -3.70. The zero-order valence-electron chi connectivity index (χ0n) is 17.7. The van der Waals surface area contributed by atoms with Crippen LogP contribution in [0.15, 0.2) is 84.9 Å². The molecule has 0 aliphatic heterocycles. The lowest BCUT2D eigenvalue weighted by atomic mass is 10.1. The number of anilines is 1. The second kappa shape index (κ2) is 10.9. The van der Waals surface area contributed by atoms with Crippen molar-refractivity contribution in [3.63, 3.8) is 0 Å². The van der Waals surface area contributed by atoms with Crippen molar-refractivity contribution in [2.24, 2.45) is 0 Å². The number of hydrogen-bond acceptors (Lipinski definition) is 4. The van der Waals surface area contributed by atoms with Gasteiger partial charge in [0.15, 0.2) is 5.78 Å². The van der Waals surface area contributed by atoms with Gasteiger partial charge in [-0.3, -0.25) is 14.4 Å². The van der Waals surface area contributed by atoms with Gasteiger partial charge in [0.2, 0.25) is 0 Å². The van der Waals surface area contributed by atoms with E-state index in [4.69, 9.17) is 9.57 Å². The van der Waals surface area contributed by atoms with Gasteiger partial charge in [0, 0.05) is 18.1 Å². The molecular formula is C26H25NO4. The van der Waals surface area contributed by atoms with Gasteiger partial charge in [-0.1, -0.05) is 60.2 Å². The Morgan fingerprint density at radius 2 is 1.58 bits per heavy atom. The first-order valence-electron chi connectivity index (χ1n) is 10.0. The van der Waals surface area contributed by atoms with Crippen LogP contribution in [0.25, 0.3) is 6.08 Å². The molecule has 158 valence electrons. The summed E-state index contributed by atoms with van der Waals surface area (Å²) in [6.45, 7) is 2.04. The number of carbonyl (C=O) groups excluding carboxylic acids is 2. The molecule has 0 heterocycles. The number of hydrogen-bond donors (Lipinski definition) is 0. The molecule has 0 aromatic heterocycles. The topological polar surface area (TPSA) is 55.8 Å². The summed E-state index contributed by atoms with van der Waals surface area (Å²) >= 11 is 0. The average molecular weight is 415 g/mol. The maximum Gasteiger partial charge on any atom is 0.274 e. The fourth-order valence-corrected chi connectivity index (χ4v) is 2.90. The van der Waals surface area contributed by atoms with Crippen molar-refractivity contribution in [3.8, 4) is 5.75 Å². The van der Waals surface area contributed by atoms with Crippen molar-refractivity contribution >= 4 is 23.5 Å². The number of amides is 1. The monoisotopic (exact) mass is 415 g/mol. The Morgan fingerprint density at radius 3 is 2.23 bits per heavy atom. The van der Waals surface area contributed by atoms with Gasteiger partial charge in [0.1, 0.15) is 5.75 Å². The van der Waals surface area contributed by atoms with Crippen molar-refractivity contribution < 1.29 is 19.2 Å². The van der Waals surface area contributed by atoms with Crippen molar-refractivity contribution in [2.45, 2.75) is 13.3 Å². The first-order chi connectivity index (χ1) is 15.1. The number of rotatable bonds is 9. The minimum absolute atomic E-state index is 0.0399. The Labute approximate surface area is 182 Å². The fourth-order valence-electron chi connectivity index (χ4n) is 2.90. The summed E-state index contributed by atoms with van der Waals surface area (Å²) in [4.78, 5) is 31.0. The van der Waals surface area contributed by atoms with Gasteiger partial charge in [-0.15, -0.1) is 0 Å². The van der Waals surface area contributed by atoms with Crippen LogP contribution < -0.4 is 9.80 Å². The van der Waals surface area contributed by atoms with Crippen LogP contribution in [-0.4, -0.2) is 25.4 Å². The van der Waals surface area contributed by atoms with E-state index < -0.39 is 0 Å². The van der Waals surface area contributed by atoms with Crippen molar-refractivity contribution in [2.75, 3.05) is 18.8 Å². The first-order valence-corrected chi connectivity index (χ1v) is 10.0. The first kappa shape index (κ1) is 22.0. The van der Waals surface area contributed by atoms with Gasteiger partial charge in [-0.05, 0) is 42.8 Å². The summed E-state index contributed by atoms with van der Waals surface area (Å²) < 4.78 is 5.18. The highest BCUT2D eigenvalue weighted by Crippen LogP contribution is 2.21. The van der Waals surface area contributed by atoms with Crippen molar-refractivity contribution in [3.05, 3.63) is 102 Å². The van der Waals surface area contributed by atoms with E-state index in [0.29, 0.717) is 17.0 Å². The molecule has 0 unspecified atom stereocenters. The van der Waals surface area contributed by atoms with Gasteiger partial charge in [-0.2, -0.15) is 5.06 Å². The largest absolute Gasteiger partial charge is 0.497 e. The molecule has 0 atom stereocenters. The highest BCUT2D eigenvalue weighted by atomic mass is 16.7. The highest BCUT2D eigenvalue weighted by Gasteiger charge is 2.16. The predicted molar refractivity (Wildman–Crippen MR) is 122 cm³/mol. The van der Waals surface area contributed by atoms with Gasteiger partial charge < -0.3 is 4.74 Å². The molecule has 0 aliphatic carbocycles. The second-order valence-electron chi connectivity index (χ2n) is 6.95. The van der Waals surface area contributed by atoms with Crippen LogP contribution in [0.2, 0.25) is 0 Å². The van der Waals surface area contributed by atoms with E-state index in [9.17, 15) is 9.59 Å². The molecule has 0 radical (unpaired) electrons. The summed E-state index contributed by atoms with van der Waals surface area (Å²) in [7, 11) is 1.58. The fraction of sp³-hybridized carbons (Fsp3) is 0.154. The smallest absolute Gasteiger partial charge is 0.274 e. The number of ether oxygens (including phenoxy) is 1. The third-order valence-electron chi connectivity index (χ3n) is 4.65. The number of ketones is 1. The highest BCUT2D eigenvalue weighted by molar-refractivity contribution is 6.02. The molecule has 0 fully saturated rings. The van der Waals surface area contributed by atoms with Crippen LogP contribution in [0.1, 0.15) is 27.9 Å². The van der Waals surface area contributed by atoms with E-state index in [2.05, 4.69) is 0 Å². The Bertz CT molecular complexity index is 1030. The summed E-state index contributed by atoms with van der Waals surface area (Å²) in [5, 5.41) is 1.20. The van der Waals surface area contributed by atoms with Crippen LogP contribution in [0.5, 0.6) is 5.75 Å². The van der Waals surface area contributed by atoms with E-state index in [1.807, 2.05) is 49.4 Å². The van der Waals surface area contributed by atoms with E-state index in [-0.39, 0.29) is 24.7 Å². The maximum atomic E-state index is 12.9. The van der Waals surface area contributed by atoms with Gasteiger partial charge in [0.25, 0.3) is 5.91 Å². The summed E-state index contributed by atoms with van der Waals surface area (Å²) in [6, 6.07) is 23.9. The van der Waals surface area contributed by atoms with Crippen LogP contribution in [0.4, 0.5) is 5.69 Å². The van der Waals surface area contributed by atoms with Crippen LogP contribution in [-0.2, 0) is 9.63 Å². The van der Waals surface area contributed by atoms with E-state index in [1.165, 1.54) is 11.1 Å². The SMILES string of the molecule is COc1ccc(N(OCCC(=O)c2ccc(C)cc2)C(=O)/C=C/c2ccccc2)cc1. The average Bonchev–Trinajstić information content (AvgIpc) is 2.81. The molecule has 0 saturated heterocycles. The van der Waals surface area contributed by atoms with E-state index in [0.717, 1.165) is 11.1 Å². The van der Waals surface area contributed by atoms with E-state index >= 15 is 0 Å². The Balaban J connectivity index is 1.70. The van der Waals surface area contributed by atoms with Gasteiger partial charge in [0.05, 0.1) is 19.4 Å².